The molecular weight excluding hydrogens is 606 g/mol. The number of carbonyl (C=O) groups excluding carboxylic acids is 1. The largest absolute Gasteiger partial charge is 0.381 e. The Morgan fingerprint density at radius 1 is 1.07 bits per heavy atom. The number of hydrogen-bond acceptors (Lipinski definition) is 7. The van der Waals surface area contributed by atoms with Gasteiger partial charge >= 0.3 is 0 Å². The molecule has 0 unspecified atom stereocenters. The maximum Gasteiger partial charge on any atom is 0.264 e. The van der Waals surface area contributed by atoms with Crippen LogP contribution in [0.1, 0.15) is 85.4 Å². The summed E-state index contributed by atoms with van der Waals surface area (Å²) in [5.74, 6) is 1.23. The van der Waals surface area contributed by atoms with Crippen molar-refractivity contribution in [3.63, 3.8) is 0 Å². The molecule has 2 aromatic heterocycles. The van der Waals surface area contributed by atoms with Crippen molar-refractivity contribution in [2.75, 3.05) is 44.3 Å². The normalized spacial score (nSPS) is 19.6. The summed E-state index contributed by atoms with van der Waals surface area (Å²) in [6.45, 7) is 6.78. The Kier molecular flexibility index (Phi) is 8.02. The van der Waals surface area contributed by atoms with Crippen molar-refractivity contribution in [2.45, 2.75) is 76.8 Å². The molecule has 2 fully saturated rings. The van der Waals surface area contributed by atoms with Gasteiger partial charge in [0.1, 0.15) is 0 Å². The van der Waals surface area contributed by atoms with E-state index in [0.29, 0.717) is 44.3 Å². The molecule has 8 nitrogen and oxygen atoms in total. The molecule has 8 rings (SSSR count). The first-order valence-corrected chi connectivity index (χ1v) is 17.6. The predicted molar refractivity (Wildman–Crippen MR) is 176 cm³/mol. The van der Waals surface area contributed by atoms with Crippen LogP contribution in [0.3, 0.4) is 0 Å². The van der Waals surface area contributed by atoms with Crippen molar-refractivity contribution in [1.29, 1.82) is 0 Å². The number of aryl methyl sites for hydroxylation is 1. The highest BCUT2D eigenvalue weighted by atomic mass is 32.1. The van der Waals surface area contributed by atoms with E-state index in [1.807, 2.05) is 22.5 Å². The molecule has 4 aromatic rings. The van der Waals surface area contributed by atoms with E-state index < -0.39 is 6.43 Å². The van der Waals surface area contributed by atoms with Gasteiger partial charge in [-0.05, 0) is 104 Å². The van der Waals surface area contributed by atoms with Gasteiger partial charge in [-0.25, -0.2) is 13.8 Å². The number of ether oxygens (including phenoxy) is 1. The minimum Gasteiger partial charge on any atom is -0.381 e. The number of nitrogens with zero attached hydrogens (tertiary/aromatic N) is 5. The number of halogens is 2. The molecule has 0 atom stereocenters. The zero-order valence-electron chi connectivity index (χ0n) is 26.2. The quantitative estimate of drug-likeness (QED) is 0.254. The first kappa shape index (κ1) is 30.0. The van der Waals surface area contributed by atoms with Crippen LogP contribution in [-0.2, 0) is 28.9 Å². The fourth-order valence-electron chi connectivity index (χ4n) is 8.03. The number of nitrogens with one attached hydrogen (secondary N) is 1. The minimum atomic E-state index is -2.64. The van der Waals surface area contributed by atoms with E-state index in [-0.39, 0.29) is 17.5 Å². The molecule has 0 saturated carbocycles. The molecule has 46 heavy (non-hydrogen) atoms. The molecular formula is C35H40F2N6O2S. The number of aromatic nitrogens is 3. The lowest BCUT2D eigenvalue weighted by Crippen LogP contribution is -2.36. The van der Waals surface area contributed by atoms with Gasteiger partial charge < -0.3 is 19.9 Å². The van der Waals surface area contributed by atoms with Gasteiger partial charge in [0.25, 0.3) is 6.43 Å². The Bertz CT molecular complexity index is 1770. The van der Waals surface area contributed by atoms with Crippen molar-refractivity contribution in [2.24, 2.45) is 0 Å². The molecule has 0 aliphatic carbocycles. The Morgan fingerprint density at radius 2 is 1.89 bits per heavy atom. The second-order valence-corrected chi connectivity index (χ2v) is 14.0. The standard InChI is InChI=1S/C35H40F2N6O2S/c1-21(44)41-12-6-31-29(19-41)35(40-43(31)25-7-13-45-14-8-25)42-11-2-3-23-15-26(28(34(36)37)18-32(23)42)24-16-27(22-4-9-38-10-5-22)33-30(17-24)39-20-46-33/h15-18,20,22,25,34,38H,2-14,19H2,1H3. The van der Waals surface area contributed by atoms with Gasteiger partial charge in [0.05, 0.1) is 28.3 Å². The Hall–Kier alpha value is -3.41. The summed E-state index contributed by atoms with van der Waals surface area (Å²) in [5, 5.41) is 8.68. The van der Waals surface area contributed by atoms with E-state index in [1.165, 1.54) is 16.0 Å². The number of thiazole rings is 1. The zero-order chi connectivity index (χ0) is 31.4. The lowest BCUT2D eigenvalue weighted by atomic mass is 9.86. The first-order valence-electron chi connectivity index (χ1n) is 16.7. The molecule has 11 heteroatoms. The molecule has 0 radical (unpaired) electrons. The summed E-state index contributed by atoms with van der Waals surface area (Å²) in [6, 6.07) is 8.11. The van der Waals surface area contributed by atoms with E-state index in [2.05, 4.69) is 25.9 Å². The van der Waals surface area contributed by atoms with E-state index in [0.717, 1.165) is 91.7 Å². The average Bonchev–Trinajstić information content (AvgIpc) is 3.72. The Balaban J connectivity index is 1.24. The minimum absolute atomic E-state index is 0.0413. The third-order valence-corrected chi connectivity index (χ3v) is 11.3. The van der Waals surface area contributed by atoms with Crippen LogP contribution in [0, 0.1) is 0 Å². The summed E-state index contributed by atoms with van der Waals surface area (Å²) >= 11 is 1.64. The van der Waals surface area contributed by atoms with Crippen molar-refractivity contribution in [1.82, 2.24) is 25.0 Å². The van der Waals surface area contributed by atoms with E-state index in [1.54, 1.807) is 24.3 Å². The van der Waals surface area contributed by atoms with Gasteiger partial charge in [-0.15, -0.1) is 11.3 Å². The van der Waals surface area contributed by atoms with Gasteiger partial charge in [0.15, 0.2) is 5.82 Å². The van der Waals surface area contributed by atoms with Gasteiger partial charge in [-0.3, -0.25) is 9.48 Å². The molecule has 2 aromatic carbocycles. The van der Waals surface area contributed by atoms with Gasteiger partial charge in [0.2, 0.25) is 5.91 Å². The van der Waals surface area contributed by atoms with Gasteiger partial charge in [0, 0.05) is 62.2 Å². The number of fused-ring (bicyclic) bond motifs is 3. The summed E-state index contributed by atoms with van der Waals surface area (Å²) < 4.78 is 39.1. The van der Waals surface area contributed by atoms with Crippen molar-refractivity contribution in [3.05, 3.63) is 57.7 Å². The first-order chi connectivity index (χ1) is 22.5. The van der Waals surface area contributed by atoms with Crippen LogP contribution in [0.15, 0.2) is 29.8 Å². The SMILES string of the molecule is CC(=O)N1CCc2c(c(N3CCCc4cc(-c5cc(C6CCNCC6)c6scnc6c5)c(C(F)F)cc43)nn2C2CCOCC2)C1. The Morgan fingerprint density at radius 3 is 2.67 bits per heavy atom. The summed E-state index contributed by atoms with van der Waals surface area (Å²) in [7, 11) is 0. The van der Waals surface area contributed by atoms with Gasteiger partial charge in [-0.2, -0.15) is 5.10 Å². The van der Waals surface area contributed by atoms with Crippen LogP contribution in [0.25, 0.3) is 21.3 Å². The van der Waals surface area contributed by atoms with Crippen molar-refractivity contribution >= 4 is 39.0 Å². The van der Waals surface area contributed by atoms with E-state index in [4.69, 9.17) is 9.84 Å². The van der Waals surface area contributed by atoms with Crippen LogP contribution >= 0.6 is 11.3 Å². The van der Waals surface area contributed by atoms with Crippen molar-refractivity contribution in [3.8, 4) is 11.1 Å². The number of rotatable bonds is 5. The average molecular weight is 647 g/mol. The summed E-state index contributed by atoms with van der Waals surface area (Å²) in [5.41, 5.74) is 9.51. The van der Waals surface area contributed by atoms with Crippen LogP contribution < -0.4 is 10.2 Å². The number of benzene rings is 2. The van der Waals surface area contributed by atoms with Crippen molar-refractivity contribution < 1.29 is 18.3 Å². The zero-order valence-corrected chi connectivity index (χ0v) is 27.1. The lowest BCUT2D eigenvalue weighted by Gasteiger charge is -2.33. The van der Waals surface area contributed by atoms with Crippen LogP contribution in [0.4, 0.5) is 20.3 Å². The van der Waals surface area contributed by atoms with Crippen LogP contribution in [0.2, 0.25) is 0 Å². The fraction of sp³-hybridized carbons (Fsp3) is 0.514. The van der Waals surface area contributed by atoms with Crippen LogP contribution in [0.5, 0.6) is 0 Å². The molecule has 242 valence electrons. The monoisotopic (exact) mass is 646 g/mol. The summed E-state index contributed by atoms with van der Waals surface area (Å²) in [6.07, 6.45) is 3.64. The third-order valence-electron chi connectivity index (χ3n) is 10.5. The highest BCUT2D eigenvalue weighted by molar-refractivity contribution is 7.17. The topological polar surface area (TPSA) is 75.5 Å². The number of carbonyl (C=O) groups is 1. The molecule has 6 heterocycles. The van der Waals surface area contributed by atoms with E-state index in [9.17, 15) is 4.79 Å². The van der Waals surface area contributed by atoms with Gasteiger partial charge in [-0.1, -0.05) is 0 Å². The number of hydrogen-bond donors (Lipinski definition) is 1. The molecule has 4 aliphatic heterocycles. The van der Waals surface area contributed by atoms with Crippen LogP contribution in [-0.4, -0.2) is 65.0 Å². The lowest BCUT2D eigenvalue weighted by molar-refractivity contribution is -0.129. The molecule has 4 aliphatic rings. The second kappa shape index (κ2) is 12.3. The molecule has 1 N–H and O–H groups in total. The third kappa shape index (κ3) is 5.30. The molecule has 0 bridgehead atoms. The Labute approximate surface area is 271 Å². The summed E-state index contributed by atoms with van der Waals surface area (Å²) in [4.78, 5) is 21.1. The fourth-order valence-corrected chi connectivity index (χ4v) is 8.90. The smallest absolute Gasteiger partial charge is 0.264 e. The maximum atomic E-state index is 15.1. The number of anilines is 2. The molecule has 0 spiro atoms. The molecule has 2 saturated heterocycles. The maximum absolute atomic E-state index is 15.1. The highest BCUT2D eigenvalue weighted by Gasteiger charge is 2.34. The second-order valence-electron chi connectivity index (χ2n) is 13.1. The van der Waals surface area contributed by atoms with E-state index >= 15 is 8.78 Å². The number of amides is 1. The molecule has 1 amide bonds. The predicted octanol–water partition coefficient (Wildman–Crippen LogP) is 6.90. The highest BCUT2D eigenvalue weighted by Crippen LogP contribution is 2.45. The number of alkyl halides is 2. The number of piperidine rings is 1.